The van der Waals surface area contributed by atoms with Crippen molar-refractivity contribution in [1.29, 1.82) is 0 Å². The van der Waals surface area contributed by atoms with E-state index in [1.54, 1.807) is 12.4 Å². The van der Waals surface area contributed by atoms with E-state index >= 15 is 0 Å². The number of rotatable bonds is 1. The summed E-state index contributed by atoms with van der Waals surface area (Å²) in [5.41, 5.74) is 4.53. The van der Waals surface area contributed by atoms with Crippen molar-refractivity contribution in [2.75, 3.05) is 0 Å². The highest BCUT2D eigenvalue weighted by Crippen LogP contribution is 2.27. The molecule has 0 aromatic carbocycles. The Morgan fingerprint density at radius 1 is 1.00 bits per heavy atom. The lowest BCUT2D eigenvalue weighted by atomic mass is 9.92. The minimum Gasteiger partial charge on any atom is -0.343 e. The molecule has 0 amide bonds. The number of H-pyrrole nitrogens is 1. The lowest BCUT2D eigenvalue weighted by Crippen LogP contribution is -2.11. The minimum atomic E-state index is 0.109. The number of pyridine rings is 2. The molecule has 0 saturated heterocycles. The van der Waals surface area contributed by atoms with Crippen molar-refractivity contribution in [1.82, 2.24) is 15.0 Å². The summed E-state index contributed by atoms with van der Waals surface area (Å²) in [6.45, 7) is 6.59. The second-order valence-electron chi connectivity index (χ2n) is 5.83. The van der Waals surface area contributed by atoms with Gasteiger partial charge in [-0.1, -0.05) is 20.8 Å². The van der Waals surface area contributed by atoms with Gasteiger partial charge in [-0.2, -0.15) is 0 Å². The smallest absolute Gasteiger partial charge is 0.137 e. The fourth-order valence-electron chi connectivity index (χ4n) is 2.12. The molecule has 19 heavy (non-hydrogen) atoms. The topological polar surface area (TPSA) is 41.6 Å². The molecule has 3 aromatic rings. The van der Waals surface area contributed by atoms with E-state index in [-0.39, 0.29) is 5.41 Å². The molecule has 0 unspecified atom stereocenters. The molecule has 96 valence electrons. The molecular formula is C16H17N3. The first-order chi connectivity index (χ1) is 9.04. The Hall–Kier alpha value is -2.16. The number of aromatic amines is 1. The molecule has 3 heteroatoms. The Bertz CT molecular complexity index is 706. The largest absolute Gasteiger partial charge is 0.343 e. The molecule has 0 aliphatic heterocycles. The van der Waals surface area contributed by atoms with Gasteiger partial charge in [-0.15, -0.1) is 0 Å². The first kappa shape index (κ1) is 11.9. The van der Waals surface area contributed by atoms with Crippen LogP contribution in [0.25, 0.3) is 22.2 Å². The van der Waals surface area contributed by atoms with Crippen molar-refractivity contribution in [3.05, 3.63) is 48.5 Å². The quantitative estimate of drug-likeness (QED) is 0.712. The van der Waals surface area contributed by atoms with Crippen molar-refractivity contribution < 1.29 is 0 Å². The third-order valence-corrected chi connectivity index (χ3v) is 3.29. The maximum Gasteiger partial charge on any atom is 0.137 e. The Morgan fingerprint density at radius 3 is 2.42 bits per heavy atom. The monoisotopic (exact) mass is 251 g/mol. The highest BCUT2D eigenvalue weighted by molar-refractivity contribution is 5.82. The number of aromatic nitrogens is 3. The zero-order chi connectivity index (χ0) is 13.5. The van der Waals surface area contributed by atoms with Crippen LogP contribution in [0.5, 0.6) is 0 Å². The third-order valence-electron chi connectivity index (χ3n) is 3.29. The highest BCUT2D eigenvalue weighted by Gasteiger charge is 2.16. The molecule has 3 rings (SSSR count). The van der Waals surface area contributed by atoms with Crippen LogP contribution in [-0.4, -0.2) is 15.0 Å². The third kappa shape index (κ3) is 2.24. The van der Waals surface area contributed by atoms with Crippen LogP contribution in [0.3, 0.4) is 0 Å². The fourth-order valence-corrected chi connectivity index (χ4v) is 2.12. The van der Waals surface area contributed by atoms with Crippen molar-refractivity contribution in [2.24, 2.45) is 0 Å². The molecule has 0 bridgehead atoms. The summed E-state index contributed by atoms with van der Waals surface area (Å²) < 4.78 is 0. The van der Waals surface area contributed by atoms with Crippen molar-refractivity contribution in [2.45, 2.75) is 26.2 Å². The van der Waals surface area contributed by atoms with Crippen LogP contribution in [-0.2, 0) is 5.41 Å². The van der Waals surface area contributed by atoms with Crippen molar-refractivity contribution in [3.63, 3.8) is 0 Å². The van der Waals surface area contributed by atoms with Gasteiger partial charge < -0.3 is 4.98 Å². The predicted molar refractivity (Wildman–Crippen MR) is 78.0 cm³/mol. The summed E-state index contributed by atoms with van der Waals surface area (Å²) in [5, 5.41) is 1.15. The molecular weight excluding hydrogens is 234 g/mol. The Morgan fingerprint density at radius 2 is 1.74 bits per heavy atom. The number of nitrogens with one attached hydrogen (secondary N) is 1. The maximum absolute atomic E-state index is 4.52. The molecule has 0 aliphatic rings. The first-order valence-electron chi connectivity index (χ1n) is 6.44. The van der Waals surface area contributed by atoms with Crippen LogP contribution in [0, 0.1) is 0 Å². The standard InChI is InChI=1S/C16H17N3/c1-16(2,3)14-9-12-8-13(10-18-15(12)19-14)11-4-6-17-7-5-11/h4-10H,1-3H3,(H,18,19). The van der Waals surface area contributed by atoms with Crippen LogP contribution in [0.1, 0.15) is 26.5 Å². The normalized spacial score (nSPS) is 11.9. The Balaban J connectivity index is 2.11. The highest BCUT2D eigenvalue weighted by atomic mass is 14.9. The lowest BCUT2D eigenvalue weighted by molar-refractivity contribution is 0.574. The summed E-state index contributed by atoms with van der Waals surface area (Å²) in [6, 6.07) is 8.36. The van der Waals surface area contributed by atoms with E-state index in [4.69, 9.17) is 0 Å². The number of nitrogens with zero attached hydrogens (tertiary/aromatic N) is 2. The molecule has 0 saturated carbocycles. The second-order valence-corrected chi connectivity index (χ2v) is 5.83. The first-order valence-corrected chi connectivity index (χ1v) is 6.44. The van der Waals surface area contributed by atoms with E-state index in [1.807, 2.05) is 18.3 Å². The number of hydrogen-bond donors (Lipinski definition) is 1. The molecule has 1 N–H and O–H groups in total. The zero-order valence-corrected chi connectivity index (χ0v) is 11.4. The Labute approximate surface area is 112 Å². The van der Waals surface area contributed by atoms with Gasteiger partial charge in [0.05, 0.1) is 0 Å². The molecule has 0 aliphatic carbocycles. The van der Waals surface area contributed by atoms with E-state index in [1.165, 1.54) is 5.69 Å². The number of fused-ring (bicyclic) bond motifs is 1. The van der Waals surface area contributed by atoms with Gasteiger partial charge >= 0.3 is 0 Å². The van der Waals surface area contributed by atoms with Crippen molar-refractivity contribution >= 4 is 11.0 Å². The van der Waals surface area contributed by atoms with Gasteiger partial charge in [0.1, 0.15) is 5.65 Å². The molecule has 0 fully saturated rings. The average molecular weight is 251 g/mol. The zero-order valence-electron chi connectivity index (χ0n) is 11.4. The summed E-state index contributed by atoms with van der Waals surface area (Å²) in [4.78, 5) is 11.9. The van der Waals surface area contributed by atoms with Crippen LogP contribution in [0.2, 0.25) is 0 Å². The van der Waals surface area contributed by atoms with Gasteiger partial charge in [0.15, 0.2) is 0 Å². The molecule has 0 atom stereocenters. The second kappa shape index (κ2) is 4.19. The van der Waals surface area contributed by atoms with Crippen LogP contribution < -0.4 is 0 Å². The maximum atomic E-state index is 4.52. The van der Waals surface area contributed by atoms with Crippen LogP contribution >= 0.6 is 0 Å². The average Bonchev–Trinajstić information content (AvgIpc) is 2.82. The summed E-state index contributed by atoms with van der Waals surface area (Å²) in [5.74, 6) is 0. The summed E-state index contributed by atoms with van der Waals surface area (Å²) >= 11 is 0. The number of hydrogen-bond acceptors (Lipinski definition) is 2. The summed E-state index contributed by atoms with van der Waals surface area (Å²) in [6.07, 6.45) is 5.51. The fraction of sp³-hybridized carbons (Fsp3) is 0.250. The van der Waals surface area contributed by atoms with Gasteiger partial charge in [-0.3, -0.25) is 4.98 Å². The van der Waals surface area contributed by atoms with E-state index in [0.29, 0.717) is 0 Å². The van der Waals surface area contributed by atoms with E-state index in [0.717, 1.165) is 22.2 Å². The van der Waals surface area contributed by atoms with Gasteiger partial charge in [0.2, 0.25) is 0 Å². The van der Waals surface area contributed by atoms with E-state index in [2.05, 4.69) is 47.9 Å². The minimum absolute atomic E-state index is 0.109. The molecule has 0 radical (unpaired) electrons. The van der Waals surface area contributed by atoms with Gasteiger partial charge in [-0.25, -0.2) is 4.98 Å². The van der Waals surface area contributed by atoms with Gasteiger partial charge in [0, 0.05) is 40.6 Å². The molecule has 3 aromatic heterocycles. The summed E-state index contributed by atoms with van der Waals surface area (Å²) in [7, 11) is 0. The lowest BCUT2D eigenvalue weighted by Gasteiger charge is -2.15. The molecule has 0 spiro atoms. The molecule has 3 nitrogen and oxygen atoms in total. The van der Waals surface area contributed by atoms with Gasteiger partial charge in [0.25, 0.3) is 0 Å². The SMILES string of the molecule is CC(C)(C)c1cc2cc(-c3ccncc3)cnc2[nH]1. The molecule has 3 heterocycles. The van der Waals surface area contributed by atoms with Crippen LogP contribution in [0.4, 0.5) is 0 Å². The van der Waals surface area contributed by atoms with Gasteiger partial charge in [-0.05, 0) is 29.8 Å². The van der Waals surface area contributed by atoms with Crippen molar-refractivity contribution in [3.8, 4) is 11.1 Å². The van der Waals surface area contributed by atoms with Crippen LogP contribution in [0.15, 0.2) is 42.9 Å². The predicted octanol–water partition coefficient (Wildman–Crippen LogP) is 3.92. The Kier molecular flexibility index (Phi) is 2.63. The van der Waals surface area contributed by atoms with E-state index < -0.39 is 0 Å². The van der Waals surface area contributed by atoms with E-state index in [9.17, 15) is 0 Å².